The van der Waals surface area contributed by atoms with Crippen molar-refractivity contribution in [3.63, 3.8) is 0 Å². The highest BCUT2D eigenvalue weighted by atomic mass is 16.3. The summed E-state index contributed by atoms with van der Waals surface area (Å²) in [6, 6.07) is 67.9. The van der Waals surface area contributed by atoms with Crippen LogP contribution >= 0.6 is 0 Å². The molecule has 1 aliphatic rings. The largest absolute Gasteiger partial charge is 0.456 e. The van der Waals surface area contributed by atoms with Crippen molar-refractivity contribution in [2.24, 2.45) is 0 Å². The molecule has 1 heterocycles. The number of benzene rings is 8. The van der Waals surface area contributed by atoms with Gasteiger partial charge in [0.05, 0.1) is 16.8 Å². The molecule has 0 saturated carbocycles. The van der Waals surface area contributed by atoms with Gasteiger partial charge in [-0.25, -0.2) is 0 Å². The van der Waals surface area contributed by atoms with E-state index < -0.39 is 0 Å². The van der Waals surface area contributed by atoms with Gasteiger partial charge in [-0.2, -0.15) is 0 Å². The highest BCUT2D eigenvalue weighted by Gasteiger charge is 2.36. The van der Waals surface area contributed by atoms with Crippen molar-refractivity contribution >= 4 is 39.0 Å². The van der Waals surface area contributed by atoms with Crippen molar-refractivity contribution in [3.05, 3.63) is 199 Å². The summed E-state index contributed by atoms with van der Waals surface area (Å²) in [5.41, 5.74) is 17.3. The first-order chi connectivity index (χ1) is 26.0. The van der Waals surface area contributed by atoms with E-state index in [0.717, 1.165) is 55.7 Å². The van der Waals surface area contributed by atoms with Crippen molar-refractivity contribution < 1.29 is 4.42 Å². The summed E-state index contributed by atoms with van der Waals surface area (Å²) < 4.78 is 6.50. The van der Waals surface area contributed by atoms with E-state index in [1.165, 1.54) is 38.9 Å². The van der Waals surface area contributed by atoms with Crippen LogP contribution in [0, 0.1) is 0 Å². The summed E-state index contributed by atoms with van der Waals surface area (Å²) in [7, 11) is 0. The molecular formula is C51H37NO. The topological polar surface area (TPSA) is 16.4 Å². The van der Waals surface area contributed by atoms with Crippen molar-refractivity contribution in [1.29, 1.82) is 0 Å². The Morgan fingerprint density at radius 2 is 0.981 bits per heavy atom. The van der Waals surface area contributed by atoms with E-state index in [-0.39, 0.29) is 5.41 Å². The summed E-state index contributed by atoms with van der Waals surface area (Å²) in [6.45, 7) is 4.71. The zero-order valence-corrected chi connectivity index (χ0v) is 29.8. The average molecular weight is 680 g/mol. The van der Waals surface area contributed by atoms with Crippen molar-refractivity contribution in [1.82, 2.24) is 0 Å². The van der Waals surface area contributed by atoms with Crippen molar-refractivity contribution in [2.45, 2.75) is 19.3 Å². The van der Waals surface area contributed by atoms with Gasteiger partial charge in [-0.05, 0) is 86.5 Å². The molecule has 9 aromatic rings. The molecule has 8 aromatic carbocycles. The second-order valence-electron chi connectivity index (χ2n) is 14.5. The van der Waals surface area contributed by atoms with Gasteiger partial charge in [-0.1, -0.05) is 166 Å². The SMILES string of the molecule is CC1(C)c2ccccc2-c2ccc(N(c3cc(-c4ccccc4)ccc3-c3ccc(-c4ccccc4)cc3)c3cccc4oc5ccccc5c34)cc21. The molecule has 0 saturated heterocycles. The summed E-state index contributed by atoms with van der Waals surface area (Å²) >= 11 is 0. The standard InChI is InChI=1S/C51H37NO/c1-51(2)44-20-11-9-18-41(44)42-31-29-39(33-45(42)51)52(46-21-13-23-49-50(46)43-19-10-12-22-48(43)53-49)47-32-38(35-16-7-4-8-17-35)28-30-40(47)37-26-24-36(25-27-37)34-14-5-3-6-15-34/h3-33H,1-2H3. The fourth-order valence-electron chi connectivity index (χ4n) is 8.43. The Hall–Kier alpha value is -6.64. The van der Waals surface area contributed by atoms with E-state index in [0.29, 0.717) is 0 Å². The first kappa shape index (κ1) is 31.1. The number of fused-ring (bicyclic) bond motifs is 6. The molecule has 0 amide bonds. The second kappa shape index (κ2) is 12.3. The lowest BCUT2D eigenvalue weighted by atomic mass is 9.82. The lowest BCUT2D eigenvalue weighted by molar-refractivity contribution is 0.660. The number of para-hydroxylation sites is 1. The third-order valence-corrected chi connectivity index (χ3v) is 11.1. The fraction of sp³-hybridized carbons (Fsp3) is 0.0588. The van der Waals surface area contributed by atoms with Gasteiger partial charge in [0, 0.05) is 22.1 Å². The minimum absolute atomic E-state index is 0.149. The monoisotopic (exact) mass is 679 g/mol. The zero-order valence-electron chi connectivity index (χ0n) is 29.8. The molecule has 1 aromatic heterocycles. The minimum Gasteiger partial charge on any atom is -0.456 e. The lowest BCUT2D eigenvalue weighted by Gasteiger charge is -2.31. The maximum atomic E-state index is 6.50. The van der Waals surface area contributed by atoms with Gasteiger partial charge >= 0.3 is 0 Å². The molecule has 53 heavy (non-hydrogen) atoms. The molecule has 0 fully saturated rings. The molecule has 1 aliphatic carbocycles. The van der Waals surface area contributed by atoms with E-state index >= 15 is 0 Å². The Balaban J connectivity index is 1.26. The first-order valence-corrected chi connectivity index (χ1v) is 18.3. The van der Waals surface area contributed by atoms with E-state index in [1.54, 1.807) is 0 Å². The molecule has 0 radical (unpaired) electrons. The van der Waals surface area contributed by atoms with Gasteiger partial charge in [0.1, 0.15) is 11.2 Å². The molecular weight excluding hydrogens is 643 g/mol. The summed E-state index contributed by atoms with van der Waals surface area (Å²) in [5.74, 6) is 0. The van der Waals surface area contributed by atoms with Crippen LogP contribution in [0.25, 0.3) is 66.4 Å². The Labute approximate surface area is 310 Å². The molecule has 2 heteroatoms. The Morgan fingerprint density at radius 3 is 1.77 bits per heavy atom. The Morgan fingerprint density at radius 1 is 0.396 bits per heavy atom. The van der Waals surface area contributed by atoms with E-state index in [2.05, 4.69) is 201 Å². The molecule has 0 aliphatic heterocycles. The van der Waals surface area contributed by atoms with Crippen LogP contribution in [0.15, 0.2) is 192 Å². The van der Waals surface area contributed by atoms with Crippen molar-refractivity contribution in [3.8, 4) is 44.5 Å². The van der Waals surface area contributed by atoms with Crippen LogP contribution in [0.5, 0.6) is 0 Å². The zero-order chi connectivity index (χ0) is 35.5. The number of hydrogen-bond acceptors (Lipinski definition) is 2. The quantitative estimate of drug-likeness (QED) is 0.174. The predicted molar refractivity (Wildman–Crippen MR) is 222 cm³/mol. The lowest BCUT2D eigenvalue weighted by Crippen LogP contribution is -2.17. The van der Waals surface area contributed by atoms with E-state index in [9.17, 15) is 0 Å². The molecule has 0 unspecified atom stereocenters. The summed E-state index contributed by atoms with van der Waals surface area (Å²) in [5, 5.41) is 2.20. The Bertz CT molecular complexity index is 2790. The van der Waals surface area contributed by atoms with Gasteiger partial charge in [-0.15, -0.1) is 0 Å². The van der Waals surface area contributed by atoms with E-state index in [4.69, 9.17) is 4.42 Å². The Kier molecular flexibility index (Phi) is 7.19. The normalized spacial score (nSPS) is 12.9. The smallest absolute Gasteiger partial charge is 0.137 e. The summed E-state index contributed by atoms with van der Waals surface area (Å²) in [6.07, 6.45) is 0. The van der Waals surface area contributed by atoms with Crippen molar-refractivity contribution in [2.75, 3.05) is 4.90 Å². The second-order valence-corrected chi connectivity index (χ2v) is 14.5. The van der Waals surface area contributed by atoms with Crippen LogP contribution in [-0.4, -0.2) is 0 Å². The number of anilines is 3. The molecule has 0 atom stereocenters. The number of furan rings is 1. The van der Waals surface area contributed by atoms with Crippen LogP contribution in [0.1, 0.15) is 25.0 Å². The minimum atomic E-state index is -0.149. The van der Waals surface area contributed by atoms with Crippen LogP contribution in [0.3, 0.4) is 0 Å². The van der Waals surface area contributed by atoms with Gasteiger partial charge in [0.2, 0.25) is 0 Å². The summed E-state index contributed by atoms with van der Waals surface area (Å²) in [4.78, 5) is 2.47. The third kappa shape index (κ3) is 5.10. The molecule has 2 nitrogen and oxygen atoms in total. The average Bonchev–Trinajstić information content (AvgIpc) is 3.71. The molecule has 252 valence electrons. The highest BCUT2D eigenvalue weighted by Crippen LogP contribution is 2.52. The molecule has 10 rings (SSSR count). The van der Waals surface area contributed by atoms with Gasteiger partial charge in [0.15, 0.2) is 0 Å². The van der Waals surface area contributed by atoms with Gasteiger partial charge in [-0.3, -0.25) is 0 Å². The molecule has 0 N–H and O–H groups in total. The first-order valence-electron chi connectivity index (χ1n) is 18.3. The third-order valence-electron chi connectivity index (χ3n) is 11.1. The van der Waals surface area contributed by atoms with Crippen LogP contribution in [0.4, 0.5) is 17.1 Å². The molecule has 0 bridgehead atoms. The van der Waals surface area contributed by atoms with Crippen LogP contribution < -0.4 is 4.90 Å². The fourth-order valence-corrected chi connectivity index (χ4v) is 8.43. The van der Waals surface area contributed by atoms with Crippen LogP contribution in [-0.2, 0) is 5.41 Å². The van der Waals surface area contributed by atoms with Crippen LogP contribution in [0.2, 0.25) is 0 Å². The number of rotatable bonds is 6. The number of hydrogen-bond donors (Lipinski definition) is 0. The maximum absolute atomic E-state index is 6.50. The molecule has 0 spiro atoms. The van der Waals surface area contributed by atoms with Gasteiger partial charge in [0.25, 0.3) is 0 Å². The maximum Gasteiger partial charge on any atom is 0.137 e. The predicted octanol–water partition coefficient (Wildman–Crippen LogP) is 14.4. The number of nitrogens with zero attached hydrogens (tertiary/aromatic N) is 1. The van der Waals surface area contributed by atoms with Gasteiger partial charge < -0.3 is 9.32 Å². The van der Waals surface area contributed by atoms with E-state index in [1.807, 2.05) is 6.07 Å². The highest BCUT2D eigenvalue weighted by molar-refractivity contribution is 6.14.